The Morgan fingerprint density at radius 3 is 2.89 bits per heavy atom. The van der Waals surface area contributed by atoms with Crippen LogP contribution in [0.2, 0.25) is 0 Å². The summed E-state index contributed by atoms with van der Waals surface area (Å²) in [6.07, 6.45) is 4.86. The molecule has 0 aliphatic heterocycles. The summed E-state index contributed by atoms with van der Waals surface area (Å²) in [7, 11) is 2.13. The Morgan fingerprint density at radius 2 is 2.17 bits per heavy atom. The first-order valence-corrected chi connectivity index (χ1v) is 6.65. The fraction of sp³-hybridized carbons (Fsp3) is 0.533. The molecule has 96 valence electrons. The lowest BCUT2D eigenvalue weighted by molar-refractivity contribution is 0.162. The quantitative estimate of drug-likeness (QED) is 0.886. The molecule has 0 aromatic heterocycles. The Balaban J connectivity index is 2.01. The van der Waals surface area contributed by atoms with Crippen LogP contribution < -0.4 is 5.73 Å². The van der Waals surface area contributed by atoms with E-state index < -0.39 is 0 Å². The van der Waals surface area contributed by atoms with Crippen molar-refractivity contribution in [2.24, 2.45) is 5.73 Å². The average Bonchev–Trinajstić information content (AvgIpc) is 2.39. The van der Waals surface area contributed by atoms with E-state index in [0.717, 1.165) is 18.5 Å². The van der Waals surface area contributed by atoms with E-state index >= 15 is 0 Å². The smallest absolute Gasteiger partial charge is 0.0991 e. The maximum atomic E-state index is 8.90. The fourth-order valence-corrected chi connectivity index (χ4v) is 2.83. The zero-order valence-electron chi connectivity index (χ0n) is 11.0. The zero-order valence-corrected chi connectivity index (χ0v) is 11.0. The van der Waals surface area contributed by atoms with Gasteiger partial charge < -0.3 is 5.73 Å². The summed E-state index contributed by atoms with van der Waals surface area (Å²) in [5.41, 5.74) is 8.12. The Bertz CT molecular complexity index is 436. The Labute approximate surface area is 109 Å². The van der Waals surface area contributed by atoms with Gasteiger partial charge in [-0.25, -0.2) is 0 Å². The van der Waals surface area contributed by atoms with Gasteiger partial charge in [0.1, 0.15) is 0 Å². The summed E-state index contributed by atoms with van der Waals surface area (Å²) in [5, 5.41) is 8.90. The van der Waals surface area contributed by atoms with Gasteiger partial charge in [-0.1, -0.05) is 25.0 Å². The largest absolute Gasteiger partial charge is 0.326 e. The van der Waals surface area contributed by atoms with Crippen molar-refractivity contribution in [1.29, 1.82) is 5.26 Å². The van der Waals surface area contributed by atoms with Gasteiger partial charge in [-0.2, -0.15) is 5.26 Å². The van der Waals surface area contributed by atoms with E-state index in [9.17, 15) is 0 Å². The third-order valence-corrected chi connectivity index (χ3v) is 3.84. The number of hydrogen-bond donors (Lipinski definition) is 1. The van der Waals surface area contributed by atoms with Gasteiger partial charge in [0.15, 0.2) is 0 Å². The van der Waals surface area contributed by atoms with Crippen LogP contribution in [0.15, 0.2) is 24.3 Å². The third kappa shape index (κ3) is 3.10. The molecule has 1 aliphatic rings. The molecule has 0 spiro atoms. The lowest BCUT2D eigenvalue weighted by atomic mass is 9.90. The Morgan fingerprint density at radius 1 is 1.39 bits per heavy atom. The van der Waals surface area contributed by atoms with Crippen molar-refractivity contribution < 1.29 is 0 Å². The molecule has 0 saturated heterocycles. The van der Waals surface area contributed by atoms with Gasteiger partial charge in [0.2, 0.25) is 0 Å². The SMILES string of the molecule is CN(Cc1cccc(C#N)c1)C1CCCCC1N. The minimum absolute atomic E-state index is 0.294. The number of nitrogens with two attached hydrogens (primary N) is 1. The lowest BCUT2D eigenvalue weighted by Gasteiger charge is -2.36. The molecule has 18 heavy (non-hydrogen) atoms. The number of benzene rings is 1. The van der Waals surface area contributed by atoms with Gasteiger partial charge in [-0.3, -0.25) is 4.90 Å². The van der Waals surface area contributed by atoms with Crippen molar-refractivity contribution in [2.75, 3.05) is 7.05 Å². The summed E-state index contributed by atoms with van der Waals surface area (Å²) >= 11 is 0. The van der Waals surface area contributed by atoms with Gasteiger partial charge in [0.25, 0.3) is 0 Å². The first-order valence-electron chi connectivity index (χ1n) is 6.65. The predicted molar refractivity (Wildman–Crippen MR) is 72.9 cm³/mol. The normalized spacial score (nSPS) is 23.9. The maximum Gasteiger partial charge on any atom is 0.0991 e. The molecule has 1 aromatic rings. The highest BCUT2D eigenvalue weighted by atomic mass is 15.1. The summed E-state index contributed by atoms with van der Waals surface area (Å²) in [4.78, 5) is 2.33. The lowest BCUT2D eigenvalue weighted by Crippen LogP contribution is -2.47. The van der Waals surface area contributed by atoms with Crippen LogP contribution in [0.5, 0.6) is 0 Å². The van der Waals surface area contributed by atoms with Crippen molar-refractivity contribution in [3.63, 3.8) is 0 Å². The molecule has 3 heteroatoms. The molecule has 3 nitrogen and oxygen atoms in total. The highest BCUT2D eigenvalue weighted by molar-refractivity contribution is 5.32. The minimum atomic E-state index is 0.294. The van der Waals surface area contributed by atoms with Crippen molar-refractivity contribution in [2.45, 2.75) is 44.3 Å². The van der Waals surface area contributed by atoms with Crippen LogP contribution in [0.1, 0.15) is 36.8 Å². The summed E-state index contributed by atoms with van der Waals surface area (Å²) in [6, 6.07) is 10.8. The first kappa shape index (κ1) is 13.1. The Hall–Kier alpha value is -1.37. The van der Waals surface area contributed by atoms with Crippen LogP contribution in [0, 0.1) is 11.3 Å². The molecule has 2 unspecified atom stereocenters. The molecule has 1 saturated carbocycles. The molecule has 0 bridgehead atoms. The molecular formula is C15H21N3. The molecule has 0 heterocycles. The van der Waals surface area contributed by atoms with Crippen molar-refractivity contribution in [3.8, 4) is 6.07 Å². The number of rotatable bonds is 3. The van der Waals surface area contributed by atoms with Crippen LogP contribution in [0.4, 0.5) is 0 Å². The van der Waals surface area contributed by atoms with Gasteiger partial charge >= 0.3 is 0 Å². The first-order chi connectivity index (χ1) is 8.70. The molecule has 2 rings (SSSR count). The third-order valence-electron chi connectivity index (χ3n) is 3.84. The highest BCUT2D eigenvalue weighted by Crippen LogP contribution is 2.22. The average molecular weight is 243 g/mol. The van der Waals surface area contributed by atoms with E-state index in [2.05, 4.69) is 24.1 Å². The van der Waals surface area contributed by atoms with Crippen molar-refractivity contribution >= 4 is 0 Å². The molecule has 1 aromatic carbocycles. The second-order valence-corrected chi connectivity index (χ2v) is 5.24. The van der Waals surface area contributed by atoms with Crippen LogP contribution in [0.3, 0.4) is 0 Å². The zero-order chi connectivity index (χ0) is 13.0. The van der Waals surface area contributed by atoms with E-state index in [1.807, 2.05) is 18.2 Å². The highest BCUT2D eigenvalue weighted by Gasteiger charge is 2.25. The van der Waals surface area contributed by atoms with Gasteiger partial charge in [-0.15, -0.1) is 0 Å². The number of hydrogen-bond acceptors (Lipinski definition) is 3. The molecular weight excluding hydrogens is 222 g/mol. The summed E-state index contributed by atoms with van der Waals surface area (Å²) < 4.78 is 0. The molecule has 0 amide bonds. The number of nitrogens with zero attached hydrogens (tertiary/aromatic N) is 2. The maximum absolute atomic E-state index is 8.90. The molecule has 2 N–H and O–H groups in total. The molecule has 0 radical (unpaired) electrons. The molecule has 2 atom stereocenters. The fourth-order valence-electron chi connectivity index (χ4n) is 2.83. The number of nitriles is 1. The standard InChI is InChI=1S/C15H21N3/c1-18(15-8-3-2-7-14(15)17)11-13-6-4-5-12(9-13)10-16/h4-6,9,14-15H,2-3,7-8,11,17H2,1H3. The summed E-state index contributed by atoms with van der Waals surface area (Å²) in [6.45, 7) is 0.869. The molecule has 1 aliphatic carbocycles. The van der Waals surface area contributed by atoms with Crippen LogP contribution in [0.25, 0.3) is 0 Å². The van der Waals surface area contributed by atoms with Gasteiger partial charge in [0.05, 0.1) is 11.6 Å². The van der Waals surface area contributed by atoms with E-state index in [-0.39, 0.29) is 0 Å². The second kappa shape index (κ2) is 5.99. The van der Waals surface area contributed by atoms with Gasteiger partial charge in [-0.05, 0) is 37.6 Å². The van der Waals surface area contributed by atoms with E-state index in [0.29, 0.717) is 12.1 Å². The van der Waals surface area contributed by atoms with Crippen LogP contribution in [-0.2, 0) is 6.54 Å². The number of likely N-dealkylation sites (N-methyl/N-ethyl adjacent to an activating group) is 1. The van der Waals surface area contributed by atoms with E-state index in [1.165, 1.54) is 24.8 Å². The van der Waals surface area contributed by atoms with Gasteiger partial charge in [0, 0.05) is 18.6 Å². The molecule has 1 fully saturated rings. The Kier molecular flexibility index (Phi) is 4.35. The second-order valence-electron chi connectivity index (χ2n) is 5.24. The topological polar surface area (TPSA) is 53.0 Å². The monoisotopic (exact) mass is 243 g/mol. The van der Waals surface area contributed by atoms with Crippen molar-refractivity contribution in [1.82, 2.24) is 4.90 Å². The van der Waals surface area contributed by atoms with E-state index in [1.54, 1.807) is 0 Å². The van der Waals surface area contributed by atoms with Crippen molar-refractivity contribution in [3.05, 3.63) is 35.4 Å². The summed E-state index contributed by atoms with van der Waals surface area (Å²) in [5.74, 6) is 0. The van der Waals surface area contributed by atoms with Crippen LogP contribution in [-0.4, -0.2) is 24.0 Å². The predicted octanol–water partition coefficient (Wildman–Crippen LogP) is 2.26. The van der Waals surface area contributed by atoms with E-state index in [4.69, 9.17) is 11.0 Å². The van der Waals surface area contributed by atoms with Crippen LogP contribution >= 0.6 is 0 Å². The minimum Gasteiger partial charge on any atom is -0.326 e.